The number of rotatable bonds is 2. The summed E-state index contributed by atoms with van der Waals surface area (Å²) in [7, 11) is 0. The Morgan fingerprint density at radius 1 is 1.06 bits per heavy atom. The summed E-state index contributed by atoms with van der Waals surface area (Å²) < 4.78 is 0. The lowest BCUT2D eigenvalue weighted by Crippen LogP contribution is -1.95. The molecule has 0 radical (unpaired) electrons. The van der Waals surface area contributed by atoms with Crippen LogP contribution in [0.3, 0.4) is 0 Å². The second-order valence-electron chi connectivity index (χ2n) is 3.98. The molecule has 3 heteroatoms. The zero-order valence-corrected chi connectivity index (χ0v) is 9.49. The summed E-state index contributed by atoms with van der Waals surface area (Å²) in [6.07, 6.45) is 1.69. The standard InChI is InChI=1S/C13H15N3/c1-9-5-10(2)7-12(6-9)16-13-8-11(14)3-4-15-13/h3-8H,1-2H3,(H3,14,15,16). The highest BCUT2D eigenvalue weighted by atomic mass is 15.0. The van der Waals surface area contributed by atoms with E-state index in [2.05, 4.69) is 42.3 Å². The number of anilines is 3. The minimum absolute atomic E-state index is 0.710. The summed E-state index contributed by atoms with van der Waals surface area (Å²) in [5, 5.41) is 3.24. The normalized spacial score (nSPS) is 10.1. The smallest absolute Gasteiger partial charge is 0.132 e. The summed E-state index contributed by atoms with van der Waals surface area (Å²) in [4.78, 5) is 4.20. The first-order valence-corrected chi connectivity index (χ1v) is 5.20. The Bertz CT molecular complexity index is 486. The maximum absolute atomic E-state index is 5.69. The van der Waals surface area contributed by atoms with Gasteiger partial charge in [-0.1, -0.05) is 6.07 Å². The molecule has 3 nitrogen and oxygen atoms in total. The number of pyridine rings is 1. The number of aryl methyl sites for hydroxylation is 2. The lowest BCUT2D eigenvalue weighted by atomic mass is 10.1. The predicted molar refractivity (Wildman–Crippen MR) is 67.8 cm³/mol. The van der Waals surface area contributed by atoms with Crippen molar-refractivity contribution < 1.29 is 0 Å². The minimum atomic E-state index is 0.710. The quantitative estimate of drug-likeness (QED) is 0.806. The fourth-order valence-electron chi connectivity index (χ4n) is 1.71. The van der Waals surface area contributed by atoms with Gasteiger partial charge in [0.2, 0.25) is 0 Å². The molecule has 1 heterocycles. The van der Waals surface area contributed by atoms with Crippen LogP contribution in [0.4, 0.5) is 17.2 Å². The van der Waals surface area contributed by atoms with E-state index in [-0.39, 0.29) is 0 Å². The fourth-order valence-corrected chi connectivity index (χ4v) is 1.71. The lowest BCUT2D eigenvalue weighted by molar-refractivity contribution is 1.30. The van der Waals surface area contributed by atoms with E-state index in [1.54, 1.807) is 12.3 Å². The molecule has 2 rings (SSSR count). The fraction of sp³-hybridized carbons (Fsp3) is 0.154. The van der Waals surface area contributed by atoms with Crippen molar-refractivity contribution >= 4 is 17.2 Å². The summed E-state index contributed by atoms with van der Waals surface area (Å²) in [5.74, 6) is 0.769. The molecule has 0 aliphatic carbocycles. The number of nitrogens with zero attached hydrogens (tertiary/aromatic N) is 1. The van der Waals surface area contributed by atoms with Gasteiger partial charge in [-0.3, -0.25) is 0 Å². The predicted octanol–water partition coefficient (Wildman–Crippen LogP) is 3.02. The van der Waals surface area contributed by atoms with Crippen LogP contribution < -0.4 is 11.1 Å². The molecule has 0 amide bonds. The van der Waals surface area contributed by atoms with Crippen LogP contribution in [0.25, 0.3) is 0 Å². The number of nitrogen functional groups attached to an aromatic ring is 1. The van der Waals surface area contributed by atoms with Crippen LogP contribution in [0, 0.1) is 13.8 Å². The maximum Gasteiger partial charge on any atom is 0.132 e. The second-order valence-corrected chi connectivity index (χ2v) is 3.98. The molecule has 0 bridgehead atoms. The van der Waals surface area contributed by atoms with E-state index in [0.717, 1.165) is 11.5 Å². The summed E-state index contributed by atoms with van der Waals surface area (Å²) in [5.41, 5.74) is 9.90. The van der Waals surface area contributed by atoms with E-state index < -0.39 is 0 Å². The molecule has 0 fully saturated rings. The Balaban J connectivity index is 2.27. The molecular weight excluding hydrogens is 198 g/mol. The minimum Gasteiger partial charge on any atom is -0.399 e. The van der Waals surface area contributed by atoms with Gasteiger partial charge in [0.15, 0.2) is 0 Å². The van der Waals surface area contributed by atoms with Gasteiger partial charge in [-0.15, -0.1) is 0 Å². The van der Waals surface area contributed by atoms with Crippen LogP contribution in [-0.4, -0.2) is 4.98 Å². The average molecular weight is 213 g/mol. The van der Waals surface area contributed by atoms with Crippen molar-refractivity contribution in [3.8, 4) is 0 Å². The van der Waals surface area contributed by atoms with Crippen molar-refractivity contribution in [2.75, 3.05) is 11.1 Å². The van der Waals surface area contributed by atoms with Crippen LogP contribution in [0.5, 0.6) is 0 Å². The van der Waals surface area contributed by atoms with Gasteiger partial charge in [-0.25, -0.2) is 4.98 Å². The zero-order chi connectivity index (χ0) is 11.5. The van der Waals surface area contributed by atoms with Crippen molar-refractivity contribution in [3.63, 3.8) is 0 Å². The first-order chi connectivity index (χ1) is 7.63. The van der Waals surface area contributed by atoms with Gasteiger partial charge in [-0.05, 0) is 43.2 Å². The molecule has 16 heavy (non-hydrogen) atoms. The lowest BCUT2D eigenvalue weighted by Gasteiger charge is -2.08. The van der Waals surface area contributed by atoms with Gasteiger partial charge in [0.05, 0.1) is 0 Å². The molecule has 0 aliphatic heterocycles. The average Bonchev–Trinajstić information content (AvgIpc) is 2.15. The highest BCUT2D eigenvalue weighted by molar-refractivity contribution is 5.61. The van der Waals surface area contributed by atoms with Gasteiger partial charge in [-0.2, -0.15) is 0 Å². The highest BCUT2D eigenvalue weighted by Crippen LogP contribution is 2.19. The Hall–Kier alpha value is -2.03. The second kappa shape index (κ2) is 4.23. The van der Waals surface area contributed by atoms with Crippen LogP contribution in [-0.2, 0) is 0 Å². The summed E-state index contributed by atoms with van der Waals surface area (Å²) >= 11 is 0. The number of aromatic nitrogens is 1. The molecule has 82 valence electrons. The van der Waals surface area contributed by atoms with Gasteiger partial charge < -0.3 is 11.1 Å². The molecule has 1 aromatic carbocycles. The number of benzene rings is 1. The monoisotopic (exact) mass is 213 g/mol. The Kier molecular flexibility index (Phi) is 2.77. The third-order valence-electron chi connectivity index (χ3n) is 2.28. The topological polar surface area (TPSA) is 50.9 Å². The largest absolute Gasteiger partial charge is 0.399 e. The van der Waals surface area contributed by atoms with Crippen molar-refractivity contribution in [2.24, 2.45) is 0 Å². The van der Waals surface area contributed by atoms with E-state index in [1.165, 1.54) is 11.1 Å². The molecule has 0 saturated carbocycles. The first kappa shape index (κ1) is 10.5. The third kappa shape index (κ3) is 2.51. The molecule has 0 spiro atoms. The van der Waals surface area contributed by atoms with Gasteiger partial charge in [0.25, 0.3) is 0 Å². The zero-order valence-electron chi connectivity index (χ0n) is 9.49. The van der Waals surface area contributed by atoms with Gasteiger partial charge in [0, 0.05) is 23.6 Å². The molecule has 3 N–H and O–H groups in total. The molecule has 0 unspecified atom stereocenters. The number of hydrogen-bond acceptors (Lipinski definition) is 3. The van der Waals surface area contributed by atoms with Crippen LogP contribution in [0.2, 0.25) is 0 Å². The van der Waals surface area contributed by atoms with E-state index in [0.29, 0.717) is 5.69 Å². The molecule has 2 aromatic rings. The highest BCUT2D eigenvalue weighted by Gasteiger charge is 1.98. The number of nitrogens with two attached hydrogens (primary N) is 1. The van der Waals surface area contributed by atoms with Crippen molar-refractivity contribution in [1.29, 1.82) is 0 Å². The molecule has 0 aliphatic rings. The van der Waals surface area contributed by atoms with Crippen LogP contribution in [0.1, 0.15) is 11.1 Å². The third-order valence-corrected chi connectivity index (χ3v) is 2.28. The van der Waals surface area contributed by atoms with Gasteiger partial charge >= 0.3 is 0 Å². The van der Waals surface area contributed by atoms with Crippen molar-refractivity contribution in [1.82, 2.24) is 4.98 Å². The van der Waals surface area contributed by atoms with Crippen molar-refractivity contribution in [2.45, 2.75) is 13.8 Å². The molecular formula is C13H15N3. The molecule has 0 saturated heterocycles. The van der Waals surface area contributed by atoms with Crippen molar-refractivity contribution in [3.05, 3.63) is 47.7 Å². The van der Waals surface area contributed by atoms with E-state index in [9.17, 15) is 0 Å². The number of hydrogen-bond donors (Lipinski definition) is 2. The van der Waals surface area contributed by atoms with E-state index >= 15 is 0 Å². The van der Waals surface area contributed by atoms with Gasteiger partial charge in [0.1, 0.15) is 5.82 Å². The Morgan fingerprint density at radius 2 is 1.75 bits per heavy atom. The van der Waals surface area contributed by atoms with E-state index in [4.69, 9.17) is 5.73 Å². The maximum atomic E-state index is 5.69. The van der Waals surface area contributed by atoms with Crippen LogP contribution in [0.15, 0.2) is 36.5 Å². The van der Waals surface area contributed by atoms with E-state index in [1.807, 2.05) is 6.07 Å². The SMILES string of the molecule is Cc1cc(C)cc(Nc2cc(N)ccn2)c1. The summed E-state index contributed by atoms with van der Waals surface area (Å²) in [6, 6.07) is 9.89. The Labute approximate surface area is 95.3 Å². The first-order valence-electron chi connectivity index (χ1n) is 5.20. The molecule has 1 aromatic heterocycles. The Morgan fingerprint density at radius 3 is 2.38 bits per heavy atom. The number of nitrogens with one attached hydrogen (secondary N) is 1. The molecule has 0 atom stereocenters. The summed E-state index contributed by atoms with van der Waals surface area (Å²) in [6.45, 7) is 4.15. The van der Waals surface area contributed by atoms with Crippen LogP contribution >= 0.6 is 0 Å².